The predicted octanol–water partition coefficient (Wildman–Crippen LogP) is 3.68. The van der Waals surface area contributed by atoms with Crippen molar-refractivity contribution in [3.8, 4) is 0 Å². The van der Waals surface area contributed by atoms with Crippen LogP contribution in [0.15, 0.2) is 47.6 Å². The van der Waals surface area contributed by atoms with Crippen molar-refractivity contribution in [1.82, 2.24) is 15.1 Å². The Bertz CT molecular complexity index is 1110. The molecule has 0 spiro atoms. The topological polar surface area (TPSA) is 120 Å². The highest BCUT2D eigenvalue weighted by molar-refractivity contribution is 6.30. The van der Waals surface area contributed by atoms with Crippen molar-refractivity contribution in [3.05, 3.63) is 69.1 Å². The minimum absolute atomic E-state index is 0.164. The maximum atomic E-state index is 13.4. The Morgan fingerprint density at radius 1 is 1.24 bits per heavy atom. The van der Waals surface area contributed by atoms with Gasteiger partial charge in [-0.05, 0) is 47.4 Å². The van der Waals surface area contributed by atoms with Gasteiger partial charge in [-0.15, -0.1) is 4.91 Å². The van der Waals surface area contributed by atoms with Crippen LogP contribution in [0.25, 0.3) is 0 Å². The molecule has 178 valence electrons. The lowest BCUT2D eigenvalue weighted by Crippen LogP contribution is -2.67. The Hall–Kier alpha value is -3.50. The largest absolute Gasteiger partial charge is 0.376 e. The standard InChI is InChI=1S/C23H24ClN5O5/c1-14(20(30)27-33)11-29-22(31)26-21(25-19-7-4-17-13-34-9-8-16(17)10-19)28(23(29)32)12-15-2-5-18(24)6-3-15/h2-7,10,14,21,25H,8-9,11-13H2,1H3,(H,26,31)/t14-,21?/m0/s1. The fourth-order valence-electron chi connectivity index (χ4n) is 3.90. The SMILES string of the molecule is C[C@@H](CN1C(=O)NC(Nc2ccc3c(c2)CCOC3)N(Cc2ccc(Cl)cc2)C1=O)C(=O)N=O. The van der Waals surface area contributed by atoms with Crippen molar-refractivity contribution in [1.29, 1.82) is 0 Å². The molecule has 2 aromatic carbocycles. The number of hydrogen-bond acceptors (Lipinski definition) is 6. The van der Waals surface area contributed by atoms with Gasteiger partial charge >= 0.3 is 12.1 Å². The Morgan fingerprint density at radius 3 is 2.74 bits per heavy atom. The zero-order valence-electron chi connectivity index (χ0n) is 18.5. The number of halogens is 1. The maximum absolute atomic E-state index is 13.4. The summed E-state index contributed by atoms with van der Waals surface area (Å²) in [5.74, 6) is -1.85. The number of amides is 5. The maximum Gasteiger partial charge on any atom is 0.331 e. The molecule has 0 radical (unpaired) electrons. The average molecular weight is 486 g/mol. The molecule has 2 N–H and O–H groups in total. The Kier molecular flexibility index (Phi) is 7.09. The van der Waals surface area contributed by atoms with Crippen molar-refractivity contribution in [3.63, 3.8) is 0 Å². The van der Waals surface area contributed by atoms with Crippen LogP contribution >= 0.6 is 11.6 Å². The van der Waals surface area contributed by atoms with E-state index in [1.807, 2.05) is 18.2 Å². The fraction of sp³-hybridized carbons (Fsp3) is 0.348. The van der Waals surface area contributed by atoms with E-state index in [-0.39, 0.29) is 13.1 Å². The fourth-order valence-corrected chi connectivity index (χ4v) is 4.02. The first-order valence-electron chi connectivity index (χ1n) is 10.8. The van der Waals surface area contributed by atoms with E-state index < -0.39 is 30.2 Å². The van der Waals surface area contributed by atoms with Gasteiger partial charge in [-0.1, -0.05) is 36.7 Å². The molecule has 1 saturated heterocycles. The Morgan fingerprint density at radius 2 is 2.00 bits per heavy atom. The van der Waals surface area contributed by atoms with Gasteiger partial charge in [-0.2, -0.15) is 0 Å². The molecule has 0 aromatic heterocycles. The highest BCUT2D eigenvalue weighted by atomic mass is 35.5. The molecule has 2 aliphatic rings. The highest BCUT2D eigenvalue weighted by Gasteiger charge is 2.39. The van der Waals surface area contributed by atoms with Crippen LogP contribution in [0.4, 0.5) is 15.3 Å². The van der Waals surface area contributed by atoms with E-state index in [9.17, 15) is 19.3 Å². The molecular formula is C23H24ClN5O5. The third kappa shape index (κ3) is 5.18. The molecule has 34 heavy (non-hydrogen) atoms. The highest BCUT2D eigenvalue weighted by Crippen LogP contribution is 2.24. The molecule has 10 nitrogen and oxygen atoms in total. The van der Waals surface area contributed by atoms with Gasteiger partial charge in [-0.3, -0.25) is 15.0 Å². The summed E-state index contributed by atoms with van der Waals surface area (Å²) in [4.78, 5) is 50.8. The summed E-state index contributed by atoms with van der Waals surface area (Å²) >= 11 is 5.99. The van der Waals surface area contributed by atoms with Gasteiger partial charge in [0, 0.05) is 22.4 Å². The molecule has 2 aromatic rings. The van der Waals surface area contributed by atoms with Crippen LogP contribution in [0.1, 0.15) is 23.6 Å². The zero-order valence-corrected chi connectivity index (χ0v) is 19.2. The van der Waals surface area contributed by atoms with Crippen LogP contribution in [0, 0.1) is 10.8 Å². The van der Waals surface area contributed by atoms with Gasteiger partial charge in [-0.25, -0.2) is 14.5 Å². The summed E-state index contributed by atoms with van der Waals surface area (Å²) in [7, 11) is 0. The van der Waals surface area contributed by atoms with Crippen LogP contribution < -0.4 is 10.6 Å². The molecule has 11 heteroatoms. The van der Waals surface area contributed by atoms with Crippen molar-refractivity contribution in [2.45, 2.75) is 32.8 Å². The van der Waals surface area contributed by atoms with Crippen molar-refractivity contribution in [2.75, 3.05) is 18.5 Å². The van der Waals surface area contributed by atoms with E-state index >= 15 is 0 Å². The minimum Gasteiger partial charge on any atom is -0.376 e. The number of nitrogens with one attached hydrogen (secondary N) is 2. The number of fused-ring (bicyclic) bond motifs is 1. The quantitative estimate of drug-likeness (QED) is 0.577. The van der Waals surface area contributed by atoms with Crippen LogP contribution in [-0.2, 0) is 29.1 Å². The van der Waals surface area contributed by atoms with Crippen molar-refractivity contribution < 1.29 is 19.1 Å². The number of nitroso groups, excluding NO2 is 1. The van der Waals surface area contributed by atoms with Crippen LogP contribution in [0.5, 0.6) is 0 Å². The van der Waals surface area contributed by atoms with Gasteiger partial charge in [0.2, 0.25) is 0 Å². The summed E-state index contributed by atoms with van der Waals surface area (Å²) in [5, 5.41) is 8.96. The van der Waals surface area contributed by atoms with E-state index in [4.69, 9.17) is 16.3 Å². The number of rotatable bonds is 7. The number of carbonyl (C=O) groups excluding carboxylic acids is 3. The van der Waals surface area contributed by atoms with Crippen molar-refractivity contribution >= 4 is 35.3 Å². The Balaban J connectivity index is 1.59. The monoisotopic (exact) mass is 485 g/mol. The molecule has 0 saturated carbocycles. The first kappa shape index (κ1) is 23.7. The van der Waals surface area contributed by atoms with Gasteiger partial charge in [0.05, 0.1) is 25.7 Å². The number of imide groups is 1. The molecule has 1 unspecified atom stereocenters. The molecule has 2 atom stereocenters. The zero-order chi connectivity index (χ0) is 24.2. The number of nitrogens with zero attached hydrogens (tertiary/aromatic N) is 3. The lowest BCUT2D eigenvalue weighted by Gasteiger charge is -2.42. The molecule has 5 amide bonds. The second-order valence-electron chi connectivity index (χ2n) is 8.26. The summed E-state index contributed by atoms with van der Waals surface area (Å²) in [6.45, 7) is 2.53. The molecule has 0 aliphatic carbocycles. The number of benzene rings is 2. The number of urea groups is 2. The number of anilines is 1. The number of ether oxygens (including phenoxy) is 1. The first-order chi connectivity index (χ1) is 16.4. The van der Waals surface area contributed by atoms with Crippen LogP contribution in [-0.4, -0.2) is 47.2 Å². The summed E-state index contributed by atoms with van der Waals surface area (Å²) < 4.78 is 5.48. The molecule has 2 aliphatic heterocycles. The van der Waals surface area contributed by atoms with E-state index in [2.05, 4.69) is 15.8 Å². The van der Waals surface area contributed by atoms with Crippen LogP contribution in [0.2, 0.25) is 5.02 Å². The van der Waals surface area contributed by atoms with E-state index in [1.165, 1.54) is 11.8 Å². The molecule has 1 fully saturated rings. The van der Waals surface area contributed by atoms with Gasteiger partial charge < -0.3 is 10.1 Å². The van der Waals surface area contributed by atoms with Crippen molar-refractivity contribution in [2.24, 2.45) is 11.1 Å². The minimum atomic E-state index is -0.928. The summed E-state index contributed by atoms with van der Waals surface area (Å²) in [6.07, 6.45) is -0.0697. The van der Waals surface area contributed by atoms with Crippen LogP contribution in [0.3, 0.4) is 0 Å². The van der Waals surface area contributed by atoms with E-state index in [0.717, 1.165) is 33.7 Å². The third-order valence-electron chi connectivity index (χ3n) is 5.81. The average Bonchev–Trinajstić information content (AvgIpc) is 2.84. The molecule has 4 rings (SSSR count). The second-order valence-corrected chi connectivity index (χ2v) is 8.70. The molecular weight excluding hydrogens is 462 g/mol. The Labute approximate surface area is 201 Å². The van der Waals surface area contributed by atoms with Gasteiger partial charge in [0.15, 0.2) is 6.29 Å². The predicted molar refractivity (Wildman–Crippen MR) is 125 cm³/mol. The number of carbonyl (C=O) groups is 3. The molecule has 2 heterocycles. The third-order valence-corrected chi connectivity index (χ3v) is 6.06. The lowest BCUT2D eigenvalue weighted by atomic mass is 10.0. The normalized spacial score (nSPS) is 18.7. The molecule has 0 bridgehead atoms. The first-order valence-corrected chi connectivity index (χ1v) is 11.2. The van der Waals surface area contributed by atoms with E-state index in [1.54, 1.807) is 24.3 Å². The number of hydrogen-bond donors (Lipinski definition) is 2. The van der Waals surface area contributed by atoms with E-state index in [0.29, 0.717) is 18.2 Å². The summed E-state index contributed by atoms with van der Waals surface area (Å²) in [6, 6.07) is 11.5. The van der Waals surface area contributed by atoms with Gasteiger partial charge in [0.25, 0.3) is 5.91 Å². The smallest absolute Gasteiger partial charge is 0.331 e. The second kappa shape index (κ2) is 10.2. The summed E-state index contributed by atoms with van der Waals surface area (Å²) in [5.41, 5.74) is 3.78. The van der Waals surface area contributed by atoms with Gasteiger partial charge in [0.1, 0.15) is 0 Å². The lowest BCUT2D eigenvalue weighted by molar-refractivity contribution is -0.121.